The molecule has 3 rings (SSSR count). The smallest absolute Gasteiger partial charge is 0.0406 e. The summed E-state index contributed by atoms with van der Waals surface area (Å²) in [6.07, 6.45) is 1.08. The molecule has 0 amide bonds. The third kappa shape index (κ3) is 3.40. The highest BCUT2D eigenvalue weighted by Gasteiger charge is 2.12. The minimum absolute atomic E-state index is 0.546. The lowest BCUT2D eigenvalue weighted by molar-refractivity contribution is 0.416. The fraction of sp³-hybridized carbons (Fsp3) is 0.294. The zero-order chi connectivity index (χ0) is 13.8. The van der Waals surface area contributed by atoms with Crippen LogP contribution in [-0.2, 0) is 6.42 Å². The Kier molecular flexibility index (Phi) is 4.36. The van der Waals surface area contributed by atoms with E-state index in [0.717, 1.165) is 31.1 Å². The molecule has 0 saturated carbocycles. The molecular weight excluding hydrogens is 268 g/mol. The van der Waals surface area contributed by atoms with Crippen LogP contribution in [0.3, 0.4) is 0 Å². The zero-order valence-electron chi connectivity index (χ0n) is 11.4. The Balaban J connectivity index is 1.69. The minimum atomic E-state index is 0.546. The predicted octanol–water partition coefficient (Wildman–Crippen LogP) is 3.11. The Bertz CT molecular complexity index is 542. The van der Waals surface area contributed by atoms with Gasteiger partial charge >= 0.3 is 0 Å². The second-order valence-corrected chi connectivity index (χ2v) is 5.70. The molecule has 1 aliphatic rings. The van der Waals surface area contributed by atoms with Crippen LogP contribution in [0.25, 0.3) is 11.1 Å². The van der Waals surface area contributed by atoms with Crippen LogP contribution in [-0.4, -0.2) is 25.7 Å². The fourth-order valence-corrected chi connectivity index (χ4v) is 2.74. The molecule has 3 heteroatoms. The molecule has 20 heavy (non-hydrogen) atoms. The molecule has 104 valence electrons. The summed E-state index contributed by atoms with van der Waals surface area (Å²) in [4.78, 5) is 0. The van der Waals surface area contributed by atoms with Crippen molar-refractivity contribution in [1.82, 2.24) is 10.6 Å². The molecule has 0 bridgehead atoms. The first kappa shape index (κ1) is 13.6. The second-order valence-electron chi connectivity index (χ2n) is 5.26. The molecule has 1 aliphatic heterocycles. The molecule has 2 aromatic carbocycles. The Labute approximate surface area is 125 Å². The van der Waals surface area contributed by atoms with E-state index in [0.29, 0.717) is 6.04 Å². The standard InChI is InChI=1S/C17H19ClN2/c18-16-7-5-15(6-8-16)14-3-1-13(2-4-14)11-17-12-19-9-10-20-17/h1-8,17,19-20H,9-12H2. The second kappa shape index (κ2) is 6.40. The average molecular weight is 287 g/mol. The summed E-state index contributed by atoms with van der Waals surface area (Å²) in [6, 6.07) is 17.4. The molecule has 1 saturated heterocycles. The Morgan fingerprint density at radius 1 is 0.900 bits per heavy atom. The molecule has 0 spiro atoms. The largest absolute Gasteiger partial charge is 0.314 e. The lowest BCUT2D eigenvalue weighted by Crippen LogP contribution is -2.49. The van der Waals surface area contributed by atoms with Gasteiger partial charge in [0, 0.05) is 30.7 Å². The van der Waals surface area contributed by atoms with Crippen molar-refractivity contribution in [3.05, 3.63) is 59.1 Å². The van der Waals surface area contributed by atoms with Crippen molar-refractivity contribution >= 4 is 11.6 Å². The Morgan fingerprint density at radius 2 is 1.55 bits per heavy atom. The van der Waals surface area contributed by atoms with E-state index in [-0.39, 0.29) is 0 Å². The summed E-state index contributed by atoms with van der Waals surface area (Å²) in [7, 11) is 0. The topological polar surface area (TPSA) is 24.1 Å². The Hall–Kier alpha value is -1.35. The lowest BCUT2D eigenvalue weighted by Gasteiger charge is -2.24. The number of rotatable bonds is 3. The first-order valence-corrected chi connectivity index (χ1v) is 7.48. The molecule has 1 fully saturated rings. The van der Waals surface area contributed by atoms with E-state index in [1.54, 1.807) is 0 Å². The third-order valence-electron chi connectivity index (χ3n) is 3.74. The molecule has 2 nitrogen and oxygen atoms in total. The van der Waals surface area contributed by atoms with Gasteiger partial charge in [0.15, 0.2) is 0 Å². The molecule has 2 aromatic rings. The number of benzene rings is 2. The molecule has 0 aliphatic carbocycles. The van der Waals surface area contributed by atoms with Crippen LogP contribution >= 0.6 is 11.6 Å². The SMILES string of the molecule is Clc1ccc(-c2ccc(CC3CNCCN3)cc2)cc1. The Morgan fingerprint density at radius 3 is 2.15 bits per heavy atom. The van der Waals surface area contributed by atoms with E-state index in [1.165, 1.54) is 16.7 Å². The first-order chi connectivity index (χ1) is 9.81. The van der Waals surface area contributed by atoms with E-state index in [2.05, 4.69) is 47.0 Å². The summed E-state index contributed by atoms with van der Waals surface area (Å²) in [5, 5.41) is 7.74. The molecule has 1 heterocycles. The highest BCUT2D eigenvalue weighted by molar-refractivity contribution is 6.30. The minimum Gasteiger partial charge on any atom is -0.314 e. The normalized spacial score (nSPS) is 18.9. The van der Waals surface area contributed by atoms with E-state index in [1.807, 2.05) is 12.1 Å². The van der Waals surface area contributed by atoms with Crippen molar-refractivity contribution in [2.75, 3.05) is 19.6 Å². The summed E-state index contributed by atoms with van der Waals surface area (Å²) in [6.45, 7) is 3.19. The van der Waals surface area contributed by atoms with Crippen molar-refractivity contribution in [2.45, 2.75) is 12.5 Å². The van der Waals surface area contributed by atoms with Crippen molar-refractivity contribution in [2.24, 2.45) is 0 Å². The maximum atomic E-state index is 5.92. The van der Waals surface area contributed by atoms with Crippen molar-refractivity contribution in [1.29, 1.82) is 0 Å². The van der Waals surface area contributed by atoms with Crippen LogP contribution in [0.4, 0.5) is 0 Å². The molecule has 0 aromatic heterocycles. The van der Waals surface area contributed by atoms with Gasteiger partial charge in [-0.2, -0.15) is 0 Å². The fourth-order valence-electron chi connectivity index (χ4n) is 2.62. The quantitative estimate of drug-likeness (QED) is 0.906. The summed E-state index contributed by atoms with van der Waals surface area (Å²) in [5.41, 5.74) is 3.82. The lowest BCUT2D eigenvalue weighted by atomic mass is 10.00. The molecule has 0 radical (unpaired) electrons. The molecule has 1 unspecified atom stereocenters. The molecular formula is C17H19ClN2. The van der Waals surface area contributed by atoms with Crippen LogP contribution in [0.5, 0.6) is 0 Å². The van der Waals surface area contributed by atoms with Crippen molar-refractivity contribution < 1.29 is 0 Å². The number of hydrogen-bond acceptors (Lipinski definition) is 2. The van der Waals surface area contributed by atoms with E-state index >= 15 is 0 Å². The summed E-state index contributed by atoms with van der Waals surface area (Å²) < 4.78 is 0. The maximum absolute atomic E-state index is 5.92. The molecule has 2 N–H and O–H groups in total. The van der Waals surface area contributed by atoms with Gasteiger partial charge in [0.25, 0.3) is 0 Å². The van der Waals surface area contributed by atoms with E-state index < -0.39 is 0 Å². The maximum Gasteiger partial charge on any atom is 0.0406 e. The number of halogens is 1. The predicted molar refractivity (Wildman–Crippen MR) is 85.3 cm³/mol. The van der Waals surface area contributed by atoms with E-state index in [9.17, 15) is 0 Å². The average Bonchev–Trinajstić information content (AvgIpc) is 2.50. The van der Waals surface area contributed by atoms with Gasteiger partial charge < -0.3 is 10.6 Å². The van der Waals surface area contributed by atoms with Gasteiger partial charge in [0.1, 0.15) is 0 Å². The van der Waals surface area contributed by atoms with Gasteiger partial charge in [0.05, 0.1) is 0 Å². The van der Waals surface area contributed by atoms with Gasteiger partial charge in [-0.3, -0.25) is 0 Å². The number of hydrogen-bond donors (Lipinski definition) is 2. The highest BCUT2D eigenvalue weighted by atomic mass is 35.5. The van der Waals surface area contributed by atoms with Crippen LogP contribution in [0, 0.1) is 0 Å². The summed E-state index contributed by atoms with van der Waals surface area (Å²) >= 11 is 5.92. The summed E-state index contributed by atoms with van der Waals surface area (Å²) in [5.74, 6) is 0. The van der Waals surface area contributed by atoms with Crippen LogP contribution < -0.4 is 10.6 Å². The number of nitrogens with one attached hydrogen (secondary N) is 2. The monoisotopic (exact) mass is 286 g/mol. The highest BCUT2D eigenvalue weighted by Crippen LogP contribution is 2.22. The van der Waals surface area contributed by atoms with Crippen LogP contribution in [0.2, 0.25) is 5.02 Å². The van der Waals surface area contributed by atoms with Gasteiger partial charge in [-0.05, 0) is 35.2 Å². The number of piperazine rings is 1. The van der Waals surface area contributed by atoms with Gasteiger partial charge in [0.2, 0.25) is 0 Å². The van der Waals surface area contributed by atoms with Crippen molar-refractivity contribution in [3.63, 3.8) is 0 Å². The van der Waals surface area contributed by atoms with Gasteiger partial charge in [-0.1, -0.05) is 48.0 Å². The van der Waals surface area contributed by atoms with Gasteiger partial charge in [-0.15, -0.1) is 0 Å². The van der Waals surface area contributed by atoms with Crippen molar-refractivity contribution in [3.8, 4) is 11.1 Å². The molecule has 1 atom stereocenters. The first-order valence-electron chi connectivity index (χ1n) is 7.10. The van der Waals surface area contributed by atoms with E-state index in [4.69, 9.17) is 11.6 Å². The zero-order valence-corrected chi connectivity index (χ0v) is 12.2. The van der Waals surface area contributed by atoms with Crippen LogP contribution in [0.15, 0.2) is 48.5 Å². The third-order valence-corrected chi connectivity index (χ3v) is 3.99. The van der Waals surface area contributed by atoms with Gasteiger partial charge in [-0.25, -0.2) is 0 Å². The van der Waals surface area contributed by atoms with Crippen LogP contribution in [0.1, 0.15) is 5.56 Å².